The van der Waals surface area contributed by atoms with Crippen molar-refractivity contribution in [3.05, 3.63) is 77.0 Å². The van der Waals surface area contributed by atoms with Crippen LogP contribution in [-0.4, -0.2) is 12.5 Å². The second-order valence-electron chi connectivity index (χ2n) is 5.77. The molecule has 0 radical (unpaired) electrons. The molecular weight excluding hydrogens is 336 g/mol. The number of furan rings is 1. The number of hydrogen-bond donors (Lipinski definition) is 2. The molecule has 0 unspecified atom stereocenters. The minimum Gasteiger partial charge on any atom is -0.459 e. The van der Waals surface area contributed by atoms with Crippen LogP contribution in [0.15, 0.2) is 65.1 Å². The number of benzene rings is 2. The smallest absolute Gasteiger partial charge is 0.239 e. The Morgan fingerprint density at radius 3 is 2.64 bits per heavy atom. The monoisotopic (exact) mass is 354 g/mol. The topological polar surface area (TPSA) is 54.3 Å². The molecule has 3 rings (SSSR count). The number of nitrogens with one attached hydrogen (secondary N) is 2. The zero-order chi connectivity index (χ0) is 17.6. The van der Waals surface area contributed by atoms with Crippen molar-refractivity contribution in [2.45, 2.75) is 13.5 Å². The Kier molecular flexibility index (Phi) is 5.41. The van der Waals surface area contributed by atoms with Crippen molar-refractivity contribution in [2.24, 2.45) is 0 Å². The summed E-state index contributed by atoms with van der Waals surface area (Å²) in [4.78, 5) is 12.0. The lowest BCUT2D eigenvalue weighted by Gasteiger charge is -2.07. The van der Waals surface area contributed by atoms with Crippen molar-refractivity contribution in [3.63, 3.8) is 0 Å². The summed E-state index contributed by atoms with van der Waals surface area (Å²) in [5, 5.41) is 6.63. The summed E-state index contributed by atoms with van der Waals surface area (Å²) in [6.07, 6.45) is 0. The number of amides is 1. The van der Waals surface area contributed by atoms with E-state index in [4.69, 9.17) is 16.0 Å². The molecule has 1 amide bonds. The zero-order valence-corrected chi connectivity index (χ0v) is 14.6. The fraction of sp³-hybridized carbons (Fsp3) is 0.150. The summed E-state index contributed by atoms with van der Waals surface area (Å²) in [6.45, 7) is 2.58. The van der Waals surface area contributed by atoms with Gasteiger partial charge in [-0.15, -0.1) is 0 Å². The third-order valence-electron chi connectivity index (χ3n) is 3.72. The first kappa shape index (κ1) is 17.1. The molecule has 0 fully saturated rings. The van der Waals surface area contributed by atoms with E-state index in [1.165, 1.54) is 0 Å². The van der Waals surface area contributed by atoms with Gasteiger partial charge in [0.15, 0.2) is 0 Å². The molecule has 1 heterocycles. The van der Waals surface area contributed by atoms with E-state index in [0.29, 0.717) is 17.3 Å². The van der Waals surface area contributed by atoms with Crippen LogP contribution in [0.2, 0.25) is 5.02 Å². The standard InChI is InChI=1S/C20H19ClN2O2/c1-14-3-2-4-17(11-14)22-13-20(24)23-12-18-9-10-19(25-18)15-5-7-16(21)8-6-15/h2-11,22H,12-13H2,1H3,(H,23,24). The molecule has 0 atom stereocenters. The highest BCUT2D eigenvalue weighted by atomic mass is 35.5. The van der Waals surface area contributed by atoms with Crippen LogP contribution in [0.4, 0.5) is 5.69 Å². The molecule has 0 aliphatic carbocycles. The number of aryl methyl sites for hydroxylation is 1. The van der Waals surface area contributed by atoms with Gasteiger partial charge in [0.2, 0.25) is 5.91 Å². The van der Waals surface area contributed by atoms with Gasteiger partial charge in [-0.2, -0.15) is 0 Å². The summed E-state index contributed by atoms with van der Waals surface area (Å²) >= 11 is 5.89. The Morgan fingerprint density at radius 1 is 1.08 bits per heavy atom. The van der Waals surface area contributed by atoms with E-state index in [-0.39, 0.29) is 12.5 Å². The van der Waals surface area contributed by atoms with Crippen LogP contribution in [0.3, 0.4) is 0 Å². The maximum Gasteiger partial charge on any atom is 0.239 e. The van der Waals surface area contributed by atoms with E-state index in [0.717, 1.165) is 22.6 Å². The molecular formula is C20H19ClN2O2. The molecule has 128 valence electrons. The van der Waals surface area contributed by atoms with Crippen molar-refractivity contribution < 1.29 is 9.21 Å². The van der Waals surface area contributed by atoms with Gasteiger partial charge in [0.1, 0.15) is 11.5 Å². The molecule has 4 nitrogen and oxygen atoms in total. The van der Waals surface area contributed by atoms with Gasteiger partial charge in [-0.05, 0) is 61.0 Å². The quantitative estimate of drug-likeness (QED) is 0.678. The lowest BCUT2D eigenvalue weighted by atomic mass is 10.2. The van der Waals surface area contributed by atoms with Gasteiger partial charge in [-0.1, -0.05) is 23.7 Å². The van der Waals surface area contributed by atoms with Gasteiger partial charge in [-0.3, -0.25) is 4.79 Å². The van der Waals surface area contributed by atoms with E-state index >= 15 is 0 Å². The van der Waals surface area contributed by atoms with Gasteiger partial charge in [0, 0.05) is 16.3 Å². The second-order valence-corrected chi connectivity index (χ2v) is 6.21. The van der Waals surface area contributed by atoms with Gasteiger partial charge in [0.05, 0.1) is 13.1 Å². The third kappa shape index (κ3) is 4.88. The number of carbonyl (C=O) groups excluding carboxylic acids is 1. The number of halogens is 1. The normalized spacial score (nSPS) is 10.5. The van der Waals surface area contributed by atoms with E-state index in [9.17, 15) is 4.79 Å². The fourth-order valence-corrected chi connectivity index (χ4v) is 2.55. The maximum absolute atomic E-state index is 12.0. The Balaban J connectivity index is 1.50. The summed E-state index contributed by atoms with van der Waals surface area (Å²) in [7, 11) is 0. The minimum absolute atomic E-state index is 0.0917. The predicted molar refractivity (Wildman–Crippen MR) is 101 cm³/mol. The molecule has 25 heavy (non-hydrogen) atoms. The molecule has 0 bridgehead atoms. The first-order valence-electron chi connectivity index (χ1n) is 8.02. The summed E-state index contributed by atoms with van der Waals surface area (Å²) in [5.41, 5.74) is 3.02. The molecule has 0 aliphatic heterocycles. The van der Waals surface area contributed by atoms with Crippen LogP contribution in [0.1, 0.15) is 11.3 Å². The SMILES string of the molecule is Cc1cccc(NCC(=O)NCc2ccc(-c3ccc(Cl)cc3)o2)c1. The zero-order valence-electron chi connectivity index (χ0n) is 13.9. The maximum atomic E-state index is 12.0. The van der Waals surface area contributed by atoms with E-state index < -0.39 is 0 Å². The van der Waals surface area contributed by atoms with Crippen molar-refractivity contribution in [1.29, 1.82) is 0 Å². The van der Waals surface area contributed by atoms with Crippen molar-refractivity contribution in [1.82, 2.24) is 5.32 Å². The van der Waals surface area contributed by atoms with Crippen molar-refractivity contribution in [2.75, 3.05) is 11.9 Å². The Bertz CT molecular complexity index is 856. The summed E-state index contributed by atoms with van der Waals surface area (Å²) in [5.74, 6) is 1.36. The first-order valence-corrected chi connectivity index (χ1v) is 8.40. The van der Waals surface area contributed by atoms with Crippen LogP contribution in [0.25, 0.3) is 11.3 Å². The summed E-state index contributed by atoms with van der Waals surface area (Å²) < 4.78 is 5.76. The molecule has 0 saturated heterocycles. The Labute approximate surface area is 151 Å². The highest BCUT2D eigenvalue weighted by Crippen LogP contribution is 2.23. The average molecular weight is 355 g/mol. The second kappa shape index (κ2) is 7.90. The van der Waals surface area contributed by atoms with Gasteiger partial charge >= 0.3 is 0 Å². The van der Waals surface area contributed by atoms with E-state index in [2.05, 4.69) is 10.6 Å². The van der Waals surface area contributed by atoms with E-state index in [1.807, 2.05) is 67.6 Å². The molecule has 0 saturated carbocycles. The van der Waals surface area contributed by atoms with Gasteiger partial charge < -0.3 is 15.1 Å². The van der Waals surface area contributed by atoms with Gasteiger partial charge in [-0.25, -0.2) is 0 Å². The lowest BCUT2D eigenvalue weighted by Crippen LogP contribution is -2.29. The van der Waals surface area contributed by atoms with Crippen LogP contribution in [0.5, 0.6) is 0 Å². The molecule has 0 aliphatic rings. The van der Waals surface area contributed by atoms with Gasteiger partial charge in [0.25, 0.3) is 0 Å². The van der Waals surface area contributed by atoms with Crippen LogP contribution in [-0.2, 0) is 11.3 Å². The van der Waals surface area contributed by atoms with Crippen LogP contribution in [0, 0.1) is 6.92 Å². The fourth-order valence-electron chi connectivity index (χ4n) is 2.43. The Hall–Kier alpha value is -2.72. The Morgan fingerprint density at radius 2 is 1.88 bits per heavy atom. The number of carbonyl (C=O) groups is 1. The molecule has 2 N–H and O–H groups in total. The largest absolute Gasteiger partial charge is 0.459 e. The summed E-state index contributed by atoms with van der Waals surface area (Å²) in [6, 6.07) is 19.1. The number of rotatable bonds is 6. The molecule has 1 aromatic heterocycles. The van der Waals surface area contributed by atoms with Crippen LogP contribution >= 0.6 is 11.6 Å². The highest BCUT2D eigenvalue weighted by Gasteiger charge is 2.07. The van der Waals surface area contributed by atoms with Crippen LogP contribution < -0.4 is 10.6 Å². The van der Waals surface area contributed by atoms with E-state index in [1.54, 1.807) is 0 Å². The first-order chi connectivity index (χ1) is 12.1. The highest BCUT2D eigenvalue weighted by molar-refractivity contribution is 6.30. The molecule has 3 aromatic rings. The third-order valence-corrected chi connectivity index (χ3v) is 3.97. The van der Waals surface area contributed by atoms with Crippen molar-refractivity contribution in [3.8, 4) is 11.3 Å². The average Bonchev–Trinajstić information content (AvgIpc) is 3.08. The van der Waals surface area contributed by atoms with Crippen molar-refractivity contribution >= 4 is 23.2 Å². The lowest BCUT2D eigenvalue weighted by molar-refractivity contribution is -0.119. The number of hydrogen-bond acceptors (Lipinski definition) is 3. The predicted octanol–water partition coefficient (Wildman–Crippen LogP) is 4.64. The minimum atomic E-state index is -0.0917. The molecule has 5 heteroatoms. The number of anilines is 1. The molecule has 0 spiro atoms. The molecule has 2 aromatic carbocycles.